The fourth-order valence-electron chi connectivity index (χ4n) is 4.67. The molecule has 0 atom stereocenters. The highest BCUT2D eigenvalue weighted by atomic mass is 16.2. The van der Waals surface area contributed by atoms with Crippen molar-refractivity contribution in [2.45, 2.75) is 47.1 Å². The Labute approximate surface area is 198 Å². The summed E-state index contributed by atoms with van der Waals surface area (Å²) in [6, 6.07) is 13.2. The van der Waals surface area contributed by atoms with Crippen molar-refractivity contribution < 1.29 is 4.79 Å². The highest BCUT2D eigenvalue weighted by molar-refractivity contribution is 6.06. The summed E-state index contributed by atoms with van der Waals surface area (Å²) in [5.41, 5.74) is 3.42. The molecule has 1 amide bonds. The van der Waals surface area contributed by atoms with Crippen molar-refractivity contribution >= 4 is 27.8 Å². The lowest BCUT2D eigenvalue weighted by molar-refractivity contribution is -0.131. The van der Waals surface area contributed by atoms with Gasteiger partial charge in [0, 0.05) is 25.5 Å². The first-order chi connectivity index (χ1) is 16.3. The third-order valence-corrected chi connectivity index (χ3v) is 6.35. The van der Waals surface area contributed by atoms with E-state index in [2.05, 4.69) is 0 Å². The quantitative estimate of drug-likeness (QED) is 0.420. The predicted molar refractivity (Wildman–Crippen MR) is 137 cm³/mol. The average molecular weight is 461 g/mol. The molecule has 0 N–H and O–H groups in total. The maximum Gasteiger partial charge on any atom is 0.336 e. The van der Waals surface area contributed by atoms with Crippen LogP contribution >= 0.6 is 0 Å². The van der Waals surface area contributed by atoms with E-state index in [1.807, 2.05) is 69.6 Å². The summed E-state index contributed by atoms with van der Waals surface area (Å²) < 4.78 is 4.50. The molecule has 7 heteroatoms. The van der Waals surface area contributed by atoms with Gasteiger partial charge in [-0.1, -0.05) is 43.2 Å². The first kappa shape index (κ1) is 23.5. The Bertz CT molecular complexity index is 1480. The summed E-state index contributed by atoms with van der Waals surface area (Å²) in [6.45, 7) is 9.15. The standard InChI is InChI=1S/C27H32N4O3/c1-6-14-29(15-7-2)23(32)17-30-24-21-16-19(4)10-13-22(21)28(5)25(24)26(33)31(27(30)34)20-11-8-18(3)9-12-20/h8-13,16H,6-7,14-15,17H2,1-5H3. The minimum atomic E-state index is -0.503. The number of nitrogens with zero attached hydrogens (tertiary/aromatic N) is 4. The van der Waals surface area contributed by atoms with Gasteiger partial charge >= 0.3 is 5.69 Å². The molecular weight excluding hydrogens is 428 g/mol. The van der Waals surface area contributed by atoms with Crippen LogP contribution in [0.5, 0.6) is 0 Å². The summed E-state index contributed by atoms with van der Waals surface area (Å²) in [4.78, 5) is 42.7. The smallest absolute Gasteiger partial charge is 0.336 e. The van der Waals surface area contributed by atoms with E-state index in [0.717, 1.165) is 34.9 Å². The van der Waals surface area contributed by atoms with Gasteiger partial charge in [0.15, 0.2) is 0 Å². The van der Waals surface area contributed by atoms with Crippen LogP contribution in [0.3, 0.4) is 0 Å². The lowest BCUT2D eigenvalue weighted by atomic mass is 10.1. The molecule has 0 saturated heterocycles. The largest absolute Gasteiger partial charge is 0.341 e. The average Bonchev–Trinajstić information content (AvgIpc) is 3.09. The second-order valence-corrected chi connectivity index (χ2v) is 9.00. The van der Waals surface area contributed by atoms with E-state index in [-0.39, 0.29) is 18.0 Å². The maximum atomic E-state index is 13.8. The first-order valence-corrected chi connectivity index (χ1v) is 11.9. The Hall–Kier alpha value is -3.61. The number of aryl methyl sites for hydroxylation is 3. The van der Waals surface area contributed by atoms with Crippen molar-refractivity contribution in [1.29, 1.82) is 0 Å². The van der Waals surface area contributed by atoms with Crippen LogP contribution in [-0.4, -0.2) is 37.6 Å². The van der Waals surface area contributed by atoms with Crippen LogP contribution in [0.15, 0.2) is 52.1 Å². The molecule has 2 heterocycles. The molecule has 0 spiro atoms. The first-order valence-electron chi connectivity index (χ1n) is 11.9. The Morgan fingerprint density at radius 3 is 2.12 bits per heavy atom. The summed E-state index contributed by atoms with van der Waals surface area (Å²) >= 11 is 0. The van der Waals surface area contributed by atoms with E-state index in [0.29, 0.717) is 29.8 Å². The predicted octanol–water partition coefficient (Wildman–Crippen LogP) is 3.91. The lowest BCUT2D eigenvalue weighted by Gasteiger charge is -2.22. The zero-order chi connectivity index (χ0) is 24.6. The topological polar surface area (TPSA) is 69.2 Å². The van der Waals surface area contributed by atoms with Gasteiger partial charge in [-0.25, -0.2) is 9.36 Å². The van der Waals surface area contributed by atoms with Gasteiger partial charge in [0.05, 0.1) is 16.7 Å². The SMILES string of the molecule is CCCN(CCC)C(=O)Cn1c(=O)n(-c2ccc(C)cc2)c(=O)c2c1c1cc(C)ccc1n2C. The number of rotatable bonds is 7. The van der Waals surface area contributed by atoms with E-state index < -0.39 is 5.69 Å². The van der Waals surface area contributed by atoms with Crippen LogP contribution in [0.2, 0.25) is 0 Å². The summed E-state index contributed by atoms with van der Waals surface area (Å²) in [7, 11) is 1.83. The number of hydrogen-bond donors (Lipinski definition) is 0. The highest BCUT2D eigenvalue weighted by Gasteiger charge is 2.23. The van der Waals surface area contributed by atoms with Gasteiger partial charge in [-0.15, -0.1) is 0 Å². The molecule has 0 radical (unpaired) electrons. The minimum Gasteiger partial charge on any atom is -0.341 e. The van der Waals surface area contributed by atoms with Gasteiger partial charge in [0.1, 0.15) is 12.1 Å². The van der Waals surface area contributed by atoms with Crippen molar-refractivity contribution in [3.05, 3.63) is 74.4 Å². The van der Waals surface area contributed by atoms with Crippen LogP contribution < -0.4 is 11.2 Å². The Morgan fingerprint density at radius 1 is 0.882 bits per heavy atom. The van der Waals surface area contributed by atoms with E-state index >= 15 is 0 Å². The van der Waals surface area contributed by atoms with Crippen LogP contribution in [0.25, 0.3) is 27.6 Å². The van der Waals surface area contributed by atoms with Gasteiger partial charge in [0.2, 0.25) is 5.91 Å². The van der Waals surface area contributed by atoms with Gasteiger partial charge in [-0.2, -0.15) is 0 Å². The molecule has 0 fully saturated rings. The molecule has 2 aromatic heterocycles. The Morgan fingerprint density at radius 2 is 1.50 bits per heavy atom. The van der Waals surface area contributed by atoms with E-state index in [4.69, 9.17) is 0 Å². The molecule has 34 heavy (non-hydrogen) atoms. The number of hydrogen-bond acceptors (Lipinski definition) is 3. The van der Waals surface area contributed by atoms with Gasteiger partial charge in [-0.3, -0.25) is 14.2 Å². The molecular formula is C27H32N4O3. The monoisotopic (exact) mass is 460 g/mol. The van der Waals surface area contributed by atoms with Gasteiger partial charge < -0.3 is 9.47 Å². The maximum absolute atomic E-state index is 13.8. The molecule has 0 saturated carbocycles. The number of amides is 1. The number of carbonyl (C=O) groups is 1. The second kappa shape index (κ2) is 9.33. The summed E-state index contributed by atoms with van der Waals surface area (Å²) in [5.74, 6) is -0.120. The minimum absolute atomic E-state index is 0.117. The molecule has 0 unspecified atom stereocenters. The van der Waals surface area contributed by atoms with Crippen molar-refractivity contribution in [1.82, 2.24) is 18.6 Å². The van der Waals surface area contributed by atoms with Crippen LogP contribution in [-0.2, 0) is 18.4 Å². The number of benzene rings is 2. The Balaban J connectivity index is 2.07. The van der Waals surface area contributed by atoms with Crippen molar-refractivity contribution in [3.63, 3.8) is 0 Å². The lowest BCUT2D eigenvalue weighted by Crippen LogP contribution is -2.43. The zero-order valence-electron chi connectivity index (χ0n) is 20.6. The fourth-order valence-corrected chi connectivity index (χ4v) is 4.67. The van der Waals surface area contributed by atoms with Crippen LogP contribution in [0, 0.1) is 13.8 Å². The van der Waals surface area contributed by atoms with E-state index in [1.165, 1.54) is 9.13 Å². The van der Waals surface area contributed by atoms with Crippen molar-refractivity contribution in [2.24, 2.45) is 7.05 Å². The molecule has 4 aromatic rings. The fraction of sp³-hybridized carbons (Fsp3) is 0.370. The molecule has 0 aliphatic rings. The number of carbonyl (C=O) groups excluding carboxylic acids is 1. The summed E-state index contributed by atoms with van der Waals surface area (Å²) in [5, 5.41) is 0.799. The van der Waals surface area contributed by atoms with Gasteiger partial charge in [0.25, 0.3) is 5.56 Å². The van der Waals surface area contributed by atoms with E-state index in [9.17, 15) is 14.4 Å². The molecule has 0 aliphatic heterocycles. The molecule has 178 valence electrons. The zero-order valence-corrected chi connectivity index (χ0v) is 20.6. The second-order valence-electron chi connectivity index (χ2n) is 9.00. The third-order valence-electron chi connectivity index (χ3n) is 6.35. The van der Waals surface area contributed by atoms with E-state index in [1.54, 1.807) is 17.0 Å². The number of fused-ring (bicyclic) bond motifs is 3. The van der Waals surface area contributed by atoms with Crippen molar-refractivity contribution in [3.8, 4) is 5.69 Å². The third kappa shape index (κ3) is 3.95. The highest BCUT2D eigenvalue weighted by Crippen LogP contribution is 2.27. The molecule has 2 aromatic carbocycles. The normalized spacial score (nSPS) is 11.4. The van der Waals surface area contributed by atoms with Crippen molar-refractivity contribution in [2.75, 3.05) is 13.1 Å². The molecule has 4 rings (SSSR count). The summed E-state index contributed by atoms with van der Waals surface area (Å²) in [6.07, 6.45) is 1.68. The molecule has 0 bridgehead atoms. The van der Waals surface area contributed by atoms with Crippen LogP contribution in [0.1, 0.15) is 37.8 Å². The van der Waals surface area contributed by atoms with Crippen LogP contribution in [0.4, 0.5) is 0 Å². The molecule has 7 nitrogen and oxygen atoms in total. The Kier molecular flexibility index (Phi) is 6.46. The van der Waals surface area contributed by atoms with Gasteiger partial charge in [-0.05, 0) is 51.0 Å². The number of aromatic nitrogens is 3. The molecule has 0 aliphatic carbocycles.